The molecular weight excluding hydrogens is 380 g/mol. The van der Waals surface area contributed by atoms with Gasteiger partial charge < -0.3 is 10.1 Å². The summed E-state index contributed by atoms with van der Waals surface area (Å²) < 4.78 is 34.2. The standard InChI is InChI=1S/C18H14BrF2NO2/c1-24-12-5-2-10(3-6-12)17(15(20)21)9-18(17)13-8-11(19)4-7-14(13)22-16(18)23/h2-8,15H,9H2,1H3,(H,22,23)/t17-,18+/m1/s1. The van der Waals surface area contributed by atoms with Crippen molar-refractivity contribution in [1.29, 1.82) is 0 Å². The first-order valence-corrected chi connectivity index (χ1v) is 8.29. The van der Waals surface area contributed by atoms with Crippen molar-refractivity contribution < 1.29 is 18.3 Å². The Morgan fingerprint density at radius 2 is 1.92 bits per heavy atom. The van der Waals surface area contributed by atoms with Gasteiger partial charge in [-0.05, 0) is 47.9 Å². The van der Waals surface area contributed by atoms with Crippen molar-refractivity contribution in [1.82, 2.24) is 0 Å². The number of halogens is 3. The smallest absolute Gasteiger partial charge is 0.249 e. The number of carbonyl (C=O) groups is 1. The van der Waals surface area contributed by atoms with Crippen LogP contribution in [0, 0.1) is 0 Å². The van der Waals surface area contributed by atoms with E-state index in [1.54, 1.807) is 42.5 Å². The second kappa shape index (κ2) is 5.02. The number of hydrogen-bond acceptors (Lipinski definition) is 2. The normalized spacial score (nSPS) is 27.3. The zero-order valence-electron chi connectivity index (χ0n) is 12.8. The predicted octanol–water partition coefficient (Wildman–Crippen LogP) is 4.25. The molecule has 0 unspecified atom stereocenters. The third-order valence-electron chi connectivity index (χ3n) is 5.24. The predicted molar refractivity (Wildman–Crippen MR) is 89.7 cm³/mol. The lowest BCUT2D eigenvalue weighted by atomic mass is 9.82. The van der Waals surface area contributed by atoms with Gasteiger partial charge in [0.15, 0.2) is 0 Å². The molecule has 1 fully saturated rings. The quantitative estimate of drug-likeness (QED) is 0.845. The van der Waals surface area contributed by atoms with Crippen molar-refractivity contribution in [3.8, 4) is 5.75 Å². The van der Waals surface area contributed by atoms with Crippen LogP contribution in [0.2, 0.25) is 0 Å². The summed E-state index contributed by atoms with van der Waals surface area (Å²) in [4.78, 5) is 12.7. The number of amides is 1. The van der Waals surface area contributed by atoms with Crippen molar-refractivity contribution in [2.75, 3.05) is 12.4 Å². The largest absolute Gasteiger partial charge is 0.497 e. The summed E-state index contributed by atoms with van der Waals surface area (Å²) >= 11 is 3.37. The fourth-order valence-electron chi connectivity index (χ4n) is 3.95. The number of anilines is 1. The van der Waals surface area contributed by atoms with E-state index in [-0.39, 0.29) is 12.3 Å². The number of methoxy groups -OCH3 is 1. The van der Waals surface area contributed by atoms with E-state index in [9.17, 15) is 13.6 Å². The fraction of sp³-hybridized carbons (Fsp3) is 0.278. The number of ether oxygens (including phenoxy) is 1. The summed E-state index contributed by atoms with van der Waals surface area (Å²) in [6, 6.07) is 11.9. The topological polar surface area (TPSA) is 38.3 Å². The molecule has 0 radical (unpaired) electrons. The molecule has 1 saturated carbocycles. The molecule has 6 heteroatoms. The van der Waals surface area contributed by atoms with Gasteiger partial charge in [-0.1, -0.05) is 28.1 Å². The minimum atomic E-state index is -2.65. The van der Waals surface area contributed by atoms with Crippen LogP contribution >= 0.6 is 15.9 Å². The highest BCUT2D eigenvalue weighted by molar-refractivity contribution is 9.10. The van der Waals surface area contributed by atoms with E-state index in [4.69, 9.17) is 4.74 Å². The monoisotopic (exact) mass is 393 g/mol. The fourth-order valence-corrected chi connectivity index (χ4v) is 4.31. The highest BCUT2D eigenvalue weighted by atomic mass is 79.9. The molecule has 0 bridgehead atoms. The van der Waals surface area contributed by atoms with Gasteiger partial charge in [-0.3, -0.25) is 4.79 Å². The molecule has 4 rings (SSSR count). The van der Waals surface area contributed by atoms with Gasteiger partial charge in [-0.25, -0.2) is 8.78 Å². The Balaban J connectivity index is 1.88. The van der Waals surface area contributed by atoms with E-state index in [1.165, 1.54) is 7.11 Å². The molecule has 1 amide bonds. The van der Waals surface area contributed by atoms with Crippen molar-refractivity contribution >= 4 is 27.5 Å². The zero-order valence-corrected chi connectivity index (χ0v) is 14.4. The highest BCUT2D eigenvalue weighted by Gasteiger charge is 2.79. The van der Waals surface area contributed by atoms with Gasteiger partial charge in [0.05, 0.1) is 17.9 Å². The molecule has 124 valence electrons. The van der Waals surface area contributed by atoms with Crippen molar-refractivity contribution in [3.63, 3.8) is 0 Å². The zero-order chi connectivity index (χ0) is 17.1. The SMILES string of the molecule is COc1ccc([C@@]2(C(F)F)C[C@]23C(=O)Nc2ccc(Br)cc23)cc1. The van der Waals surface area contributed by atoms with E-state index in [2.05, 4.69) is 21.2 Å². The Kier molecular flexibility index (Phi) is 3.26. The molecule has 1 heterocycles. The van der Waals surface area contributed by atoms with Gasteiger partial charge in [0.2, 0.25) is 12.3 Å². The minimum absolute atomic E-state index is 0.0965. The van der Waals surface area contributed by atoms with Crippen LogP contribution in [0.1, 0.15) is 17.5 Å². The van der Waals surface area contributed by atoms with E-state index < -0.39 is 17.3 Å². The number of fused-ring (bicyclic) bond motifs is 2. The maximum Gasteiger partial charge on any atom is 0.249 e. The maximum atomic E-state index is 14.2. The highest BCUT2D eigenvalue weighted by Crippen LogP contribution is 2.71. The average Bonchev–Trinajstić information content (AvgIpc) is 3.22. The van der Waals surface area contributed by atoms with Gasteiger partial charge in [0.1, 0.15) is 5.75 Å². The molecule has 1 aliphatic carbocycles. The van der Waals surface area contributed by atoms with Crippen LogP contribution in [0.15, 0.2) is 46.9 Å². The molecule has 2 aromatic carbocycles. The average molecular weight is 394 g/mol. The molecule has 3 nitrogen and oxygen atoms in total. The molecule has 1 N–H and O–H groups in total. The number of rotatable bonds is 3. The molecule has 2 aliphatic rings. The summed E-state index contributed by atoms with van der Waals surface area (Å²) in [7, 11) is 1.52. The van der Waals surface area contributed by atoms with Crippen LogP contribution in [0.5, 0.6) is 5.75 Å². The number of benzene rings is 2. The van der Waals surface area contributed by atoms with Gasteiger partial charge in [-0.15, -0.1) is 0 Å². The van der Waals surface area contributed by atoms with E-state index >= 15 is 0 Å². The third-order valence-corrected chi connectivity index (χ3v) is 5.73. The van der Waals surface area contributed by atoms with Gasteiger partial charge in [-0.2, -0.15) is 0 Å². The number of hydrogen-bond donors (Lipinski definition) is 1. The van der Waals surface area contributed by atoms with Crippen LogP contribution < -0.4 is 10.1 Å². The molecule has 1 spiro atoms. The van der Waals surface area contributed by atoms with Gasteiger partial charge in [0.25, 0.3) is 0 Å². The van der Waals surface area contributed by atoms with Crippen LogP contribution in [0.3, 0.4) is 0 Å². The first-order chi connectivity index (χ1) is 11.5. The number of alkyl halides is 2. The molecule has 24 heavy (non-hydrogen) atoms. The summed E-state index contributed by atoms with van der Waals surface area (Å²) in [6.45, 7) is 0. The summed E-state index contributed by atoms with van der Waals surface area (Å²) in [5.41, 5.74) is -1.01. The van der Waals surface area contributed by atoms with Gasteiger partial charge >= 0.3 is 0 Å². The lowest BCUT2D eigenvalue weighted by Gasteiger charge is -2.22. The van der Waals surface area contributed by atoms with Crippen LogP contribution in [0.25, 0.3) is 0 Å². The molecule has 0 aromatic heterocycles. The summed E-state index contributed by atoms with van der Waals surface area (Å²) in [5.74, 6) is 0.239. The summed E-state index contributed by atoms with van der Waals surface area (Å²) in [5, 5.41) is 2.76. The maximum absolute atomic E-state index is 14.2. The molecular formula is C18H14BrF2NO2. The number of carbonyl (C=O) groups excluding carboxylic acids is 1. The number of nitrogens with one attached hydrogen (secondary N) is 1. The lowest BCUT2D eigenvalue weighted by molar-refractivity contribution is -0.119. The molecule has 2 atom stereocenters. The van der Waals surface area contributed by atoms with Crippen LogP contribution in [0.4, 0.5) is 14.5 Å². The van der Waals surface area contributed by atoms with Crippen molar-refractivity contribution in [2.24, 2.45) is 0 Å². The first-order valence-electron chi connectivity index (χ1n) is 7.50. The third kappa shape index (κ3) is 1.77. The Morgan fingerprint density at radius 1 is 1.21 bits per heavy atom. The van der Waals surface area contributed by atoms with E-state index in [1.807, 2.05) is 0 Å². The summed E-state index contributed by atoms with van der Waals surface area (Å²) in [6.07, 6.45) is -2.55. The second-order valence-corrected chi connectivity index (χ2v) is 7.14. The Morgan fingerprint density at radius 3 is 2.54 bits per heavy atom. The first kappa shape index (κ1) is 15.6. The molecule has 1 aliphatic heterocycles. The van der Waals surface area contributed by atoms with Crippen LogP contribution in [-0.4, -0.2) is 19.4 Å². The second-order valence-electron chi connectivity index (χ2n) is 6.23. The van der Waals surface area contributed by atoms with E-state index in [0.29, 0.717) is 22.6 Å². The van der Waals surface area contributed by atoms with Gasteiger partial charge in [0, 0.05) is 10.2 Å². The Hall–Kier alpha value is -1.95. The van der Waals surface area contributed by atoms with Crippen molar-refractivity contribution in [3.05, 3.63) is 58.1 Å². The molecule has 0 saturated heterocycles. The molecule has 2 aromatic rings. The van der Waals surface area contributed by atoms with Crippen LogP contribution in [-0.2, 0) is 15.6 Å². The van der Waals surface area contributed by atoms with Crippen molar-refractivity contribution in [2.45, 2.75) is 23.7 Å². The Labute approximate surface area is 146 Å². The Bertz CT molecular complexity index is 839. The minimum Gasteiger partial charge on any atom is -0.497 e. The lowest BCUT2D eigenvalue weighted by Crippen LogP contribution is -2.34. The van der Waals surface area contributed by atoms with E-state index in [0.717, 1.165) is 4.47 Å².